The zero-order valence-corrected chi connectivity index (χ0v) is 12.2. The quantitative estimate of drug-likeness (QED) is 0.867. The topological polar surface area (TPSA) is 65.2 Å². The molecule has 110 valence electrons. The largest absolute Gasteiger partial charge is 0.364 e. The molecule has 5 heteroatoms. The first-order valence-electron chi connectivity index (χ1n) is 7.31. The molecule has 0 spiro atoms. The number of hydrogen-bond donors (Lipinski definition) is 2. The van der Waals surface area contributed by atoms with Crippen molar-refractivity contribution in [2.75, 3.05) is 26.2 Å². The molecule has 0 bridgehead atoms. The molecule has 1 aliphatic rings. The minimum atomic E-state index is -0.202. The second-order valence-electron chi connectivity index (χ2n) is 5.45. The van der Waals surface area contributed by atoms with Gasteiger partial charge in [-0.15, -0.1) is 0 Å². The average Bonchev–Trinajstić information content (AvgIpc) is 2.45. The van der Waals surface area contributed by atoms with E-state index in [0.717, 1.165) is 38.2 Å². The maximum Gasteiger partial charge on any atom is 0.259 e. The molecule has 0 aliphatic carbocycles. The summed E-state index contributed by atoms with van der Waals surface area (Å²) in [5, 5.41) is 3.36. The van der Waals surface area contributed by atoms with Crippen LogP contribution in [0.2, 0.25) is 0 Å². The summed E-state index contributed by atoms with van der Waals surface area (Å²) in [6.45, 7) is 7.12. The number of aromatic amines is 1. The van der Waals surface area contributed by atoms with E-state index in [1.54, 1.807) is 11.8 Å². The van der Waals surface area contributed by atoms with Crippen molar-refractivity contribution in [1.29, 1.82) is 0 Å². The van der Waals surface area contributed by atoms with Gasteiger partial charge in [0.15, 0.2) is 5.43 Å². The van der Waals surface area contributed by atoms with Gasteiger partial charge in [0.1, 0.15) is 5.56 Å². The summed E-state index contributed by atoms with van der Waals surface area (Å²) >= 11 is 0. The van der Waals surface area contributed by atoms with Crippen molar-refractivity contribution in [3.05, 3.63) is 33.7 Å². The maximum atomic E-state index is 12.5. The minimum absolute atomic E-state index is 0.167. The number of nitrogens with one attached hydrogen (secondary N) is 2. The van der Waals surface area contributed by atoms with Crippen LogP contribution in [0.5, 0.6) is 0 Å². The molecule has 1 amide bonds. The lowest BCUT2D eigenvalue weighted by Gasteiger charge is -2.29. The van der Waals surface area contributed by atoms with Crippen LogP contribution >= 0.6 is 0 Å². The van der Waals surface area contributed by atoms with Crippen molar-refractivity contribution in [3.8, 4) is 0 Å². The van der Waals surface area contributed by atoms with E-state index >= 15 is 0 Å². The van der Waals surface area contributed by atoms with Gasteiger partial charge >= 0.3 is 0 Å². The first kappa shape index (κ1) is 14.8. The SMILES string of the molecule is CCN(CC1CCCNC1)C(=O)c1c[nH]c(C)cc1=O. The summed E-state index contributed by atoms with van der Waals surface area (Å²) in [6, 6.07) is 1.48. The van der Waals surface area contributed by atoms with Crippen LogP contribution in [-0.4, -0.2) is 42.0 Å². The lowest BCUT2D eigenvalue weighted by atomic mass is 9.99. The molecule has 1 fully saturated rings. The van der Waals surface area contributed by atoms with Gasteiger partial charge in [0, 0.05) is 31.0 Å². The van der Waals surface area contributed by atoms with Crippen LogP contribution in [0.25, 0.3) is 0 Å². The first-order valence-corrected chi connectivity index (χ1v) is 7.31. The van der Waals surface area contributed by atoms with E-state index in [-0.39, 0.29) is 16.9 Å². The van der Waals surface area contributed by atoms with E-state index in [1.807, 2.05) is 6.92 Å². The smallest absolute Gasteiger partial charge is 0.259 e. The summed E-state index contributed by atoms with van der Waals surface area (Å²) in [5.41, 5.74) is 0.804. The van der Waals surface area contributed by atoms with Crippen LogP contribution in [0.15, 0.2) is 17.1 Å². The summed E-state index contributed by atoms with van der Waals surface area (Å²) in [5.74, 6) is 0.316. The van der Waals surface area contributed by atoms with Gasteiger partial charge < -0.3 is 15.2 Å². The number of carbonyl (C=O) groups is 1. The molecule has 0 radical (unpaired) electrons. The van der Waals surface area contributed by atoms with Crippen LogP contribution in [0.1, 0.15) is 35.8 Å². The third-order valence-electron chi connectivity index (χ3n) is 3.83. The molecule has 5 nitrogen and oxygen atoms in total. The maximum absolute atomic E-state index is 12.5. The molecule has 1 unspecified atom stereocenters. The second-order valence-corrected chi connectivity index (χ2v) is 5.45. The molecule has 0 aromatic carbocycles. The normalized spacial score (nSPS) is 18.8. The molecule has 2 heterocycles. The predicted molar refractivity (Wildman–Crippen MR) is 79.0 cm³/mol. The molecule has 0 saturated carbocycles. The molecule has 20 heavy (non-hydrogen) atoms. The van der Waals surface area contributed by atoms with Crippen LogP contribution in [-0.2, 0) is 0 Å². The van der Waals surface area contributed by atoms with E-state index in [0.29, 0.717) is 12.5 Å². The monoisotopic (exact) mass is 277 g/mol. The number of piperidine rings is 1. The third-order valence-corrected chi connectivity index (χ3v) is 3.83. The van der Waals surface area contributed by atoms with Gasteiger partial charge in [0.05, 0.1) is 0 Å². The number of rotatable bonds is 4. The number of aryl methyl sites for hydroxylation is 1. The highest BCUT2D eigenvalue weighted by atomic mass is 16.2. The van der Waals surface area contributed by atoms with E-state index in [2.05, 4.69) is 10.3 Å². The Balaban J connectivity index is 2.09. The van der Waals surface area contributed by atoms with E-state index in [9.17, 15) is 9.59 Å². The highest BCUT2D eigenvalue weighted by molar-refractivity contribution is 5.93. The van der Waals surface area contributed by atoms with Gasteiger partial charge in [-0.3, -0.25) is 9.59 Å². The van der Waals surface area contributed by atoms with Crippen LogP contribution in [0, 0.1) is 12.8 Å². The predicted octanol–water partition coefficient (Wildman–Crippen LogP) is 1.15. The Morgan fingerprint density at radius 1 is 1.50 bits per heavy atom. The number of hydrogen-bond acceptors (Lipinski definition) is 3. The molecule has 1 aromatic heterocycles. The van der Waals surface area contributed by atoms with Crippen molar-refractivity contribution in [2.24, 2.45) is 5.92 Å². The molecular formula is C15H23N3O2. The highest BCUT2D eigenvalue weighted by Crippen LogP contribution is 2.13. The molecule has 2 N–H and O–H groups in total. The summed E-state index contributed by atoms with van der Waals surface area (Å²) < 4.78 is 0. The zero-order chi connectivity index (χ0) is 14.5. The average molecular weight is 277 g/mol. The Kier molecular flexibility index (Phi) is 4.95. The van der Waals surface area contributed by atoms with E-state index < -0.39 is 0 Å². The van der Waals surface area contributed by atoms with Gasteiger partial charge in [-0.05, 0) is 45.7 Å². The molecule has 2 rings (SSSR count). The lowest BCUT2D eigenvalue weighted by molar-refractivity contribution is 0.0727. The second kappa shape index (κ2) is 6.70. The Morgan fingerprint density at radius 3 is 2.90 bits per heavy atom. The molecule has 1 atom stereocenters. The number of nitrogens with zero attached hydrogens (tertiary/aromatic N) is 1. The Labute approximate surface area is 119 Å². The Hall–Kier alpha value is -1.62. The van der Waals surface area contributed by atoms with Gasteiger partial charge in [0.2, 0.25) is 0 Å². The Morgan fingerprint density at radius 2 is 2.30 bits per heavy atom. The third kappa shape index (κ3) is 3.48. The van der Waals surface area contributed by atoms with Crippen molar-refractivity contribution < 1.29 is 4.79 Å². The van der Waals surface area contributed by atoms with Gasteiger partial charge in [0.25, 0.3) is 5.91 Å². The van der Waals surface area contributed by atoms with Crippen molar-refractivity contribution in [1.82, 2.24) is 15.2 Å². The fraction of sp³-hybridized carbons (Fsp3) is 0.600. The number of amides is 1. The van der Waals surface area contributed by atoms with Crippen molar-refractivity contribution in [2.45, 2.75) is 26.7 Å². The van der Waals surface area contributed by atoms with Gasteiger partial charge in [-0.1, -0.05) is 0 Å². The van der Waals surface area contributed by atoms with E-state index in [1.165, 1.54) is 12.3 Å². The highest BCUT2D eigenvalue weighted by Gasteiger charge is 2.22. The van der Waals surface area contributed by atoms with E-state index in [4.69, 9.17) is 0 Å². The van der Waals surface area contributed by atoms with Crippen LogP contribution in [0.3, 0.4) is 0 Å². The molecule has 1 saturated heterocycles. The standard InChI is InChI=1S/C15H23N3O2/c1-3-18(10-12-5-4-6-16-8-12)15(20)13-9-17-11(2)7-14(13)19/h7,9,12,16H,3-6,8,10H2,1-2H3,(H,17,19). The van der Waals surface area contributed by atoms with Gasteiger partial charge in [-0.25, -0.2) is 0 Å². The lowest BCUT2D eigenvalue weighted by Crippen LogP contribution is -2.42. The first-order chi connectivity index (χ1) is 9.61. The van der Waals surface area contributed by atoms with Gasteiger partial charge in [-0.2, -0.15) is 0 Å². The van der Waals surface area contributed by atoms with Crippen LogP contribution < -0.4 is 10.7 Å². The Bertz CT molecular complexity index is 518. The fourth-order valence-corrected chi connectivity index (χ4v) is 2.66. The minimum Gasteiger partial charge on any atom is -0.364 e. The van der Waals surface area contributed by atoms with Crippen molar-refractivity contribution in [3.63, 3.8) is 0 Å². The van der Waals surface area contributed by atoms with Crippen molar-refractivity contribution >= 4 is 5.91 Å². The summed E-state index contributed by atoms with van der Waals surface area (Å²) in [6.07, 6.45) is 3.82. The zero-order valence-electron chi connectivity index (χ0n) is 12.2. The molecular weight excluding hydrogens is 254 g/mol. The number of pyridine rings is 1. The summed E-state index contributed by atoms with van der Waals surface area (Å²) in [7, 11) is 0. The number of aromatic nitrogens is 1. The number of carbonyl (C=O) groups excluding carboxylic acids is 1. The molecule has 1 aromatic rings. The van der Waals surface area contributed by atoms with Crippen LogP contribution in [0.4, 0.5) is 0 Å². The molecule has 1 aliphatic heterocycles. The fourth-order valence-electron chi connectivity index (χ4n) is 2.66. The summed E-state index contributed by atoms with van der Waals surface area (Å²) in [4.78, 5) is 29.1. The number of H-pyrrole nitrogens is 1.